The average Bonchev–Trinajstić information content (AvgIpc) is 2.78. The van der Waals surface area contributed by atoms with E-state index in [4.69, 9.17) is 4.74 Å². The number of amides is 2. The van der Waals surface area contributed by atoms with Crippen LogP contribution < -0.4 is 15.4 Å². The molecule has 3 aromatic rings. The molecule has 0 bridgehead atoms. The topological polar surface area (TPSA) is 154 Å². The molecule has 2 amide bonds. The fourth-order valence-electron chi connectivity index (χ4n) is 3.01. The van der Waals surface area contributed by atoms with Crippen LogP contribution in [0.1, 0.15) is 20.7 Å². The Morgan fingerprint density at radius 2 is 1.32 bits per heavy atom. The van der Waals surface area contributed by atoms with E-state index in [1.165, 1.54) is 19.2 Å². The highest BCUT2D eigenvalue weighted by Crippen LogP contribution is 2.30. The van der Waals surface area contributed by atoms with E-state index in [1.807, 2.05) is 0 Å². The third-order valence-electron chi connectivity index (χ3n) is 4.54. The van der Waals surface area contributed by atoms with Gasteiger partial charge in [0.05, 0.1) is 22.5 Å². The normalized spacial score (nSPS) is 10.3. The van der Waals surface area contributed by atoms with Gasteiger partial charge in [-0.1, -0.05) is 12.1 Å². The van der Waals surface area contributed by atoms with Crippen molar-refractivity contribution >= 4 is 34.6 Å². The third-order valence-corrected chi connectivity index (χ3v) is 4.54. The van der Waals surface area contributed by atoms with Crippen molar-refractivity contribution in [1.29, 1.82) is 0 Å². The van der Waals surface area contributed by atoms with Crippen LogP contribution in [0.5, 0.6) is 5.75 Å². The summed E-state index contributed by atoms with van der Waals surface area (Å²) in [7, 11) is 1.23. The molecule has 0 fully saturated rings. The molecule has 0 heterocycles. The van der Waals surface area contributed by atoms with Crippen LogP contribution >= 0.6 is 0 Å². The van der Waals surface area contributed by atoms with Crippen molar-refractivity contribution in [3.63, 3.8) is 0 Å². The Morgan fingerprint density at radius 1 is 0.824 bits per heavy atom. The molecule has 0 aliphatic carbocycles. The maximum absolute atomic E-state index is 13.8. The number of nitrogens with zero attached hydrogens (tertiary/aromatic N) is 2. The molecule has 34 heavy (non-hydrogen) atoms. The van der Waals surface area contributed by atoms with Crippen LogP contribution in [-0.4, -0.2) is 28.8 Å². The first kappa shape index (κ1) is 23.7. The summed E-state index contributed by atoms with van der Waals surface area (Å²) < 4.78 is 32.7. The molecule has 0 radical (unpaired) electrons. The van der Waals surface area contributed by atoms with Gasteiger partial charge in [0.15, 0.2) is 0 Å². The lowest BCUT2D eigenvalue weighted by Gasteiger charge is -2.12. The lowest BCUT2D eigenvalue weighted by molar-refractivity contribution is -0.386. The van der Waals surface area contributed by atoms with Gasteiger partial charge < -0.3 is 15.4 Å². The number of hydrogen-bond acceptors (Lipinski definition) is 7. The summed E-state index contributed by atoms with van der Waals surface area (Å²) in [5.41, 5.74) is -3.15. The van der Waals surface area contributed by atoms with Crippen LogP contribution in [0.2, 0.25) is 0 Å². The van der Waals surface area contributed by atoms with E-state index in [0.29, 0.717) is 0 Å². The number of rotatable bonds is 7. The highest BCUT2D eigenvalue weighted by atomic mass is 19.1. The van der Waals surface area contributed by atoms with E-state index in [2.05, 4.69) is 10.6 Å². The highest BCUT2D eigenvalue weighted by molar-refractivity contribution is 6.11. The van der Waals surface area contributed by atoms with Gasteiger partial charge in [-0.15, -0.1) is 0 Å². The van der Waals surface area contributed by atoms with E-state index >= 15 is 0 Å². The second kappa shape index (κ2) is 9.68. The zero-order valence-electron chi connectivity index (χ0n) is 17.2. The first-order valence-corrected chi connectivity index (χ1v) is 9.30. The smallest absolute Gasteiger partial charge is 0.328 e. The van der Waals surface area contributed by atoms with Gasteiger partial charge in [-0.2, -0.15) is 8.78 Å². The monoisotopic (exact) mass is 472 g/mol. The zero-order valence-corrected chi connectivity index (χ0v) is 17.2. The molecule has 0 saturated carbocycles. The second-order valence-electron chi connectivity index (χ2n) is 6.61. The minimum Gasteiger partial charge on any atom is -0.496 e. The molecule has 0 aliphatic rings. The van der Waals surface area contributed by atoms with E-state index < -0.39 is 56.0 Å². The molecule has 0 aromatic heterocycles. The zero-order chi connectivity index (χ0) is 25.0. The number of para-hydroxylation sites is 2. The van der Waals surface area contributed by atoms with Gasteiger partial charge >= 0.3 is 11.4 Å². The van der Waals surface area contributed by atoms with Crippen molar-refractivity contribution in [2.45, 2.75) is 0 Å². The van der Waals surface area contributed by atoms with Crippen LogP contribution in [0.15, 0.2) is 54.6 Å². The van der Waals surface area contributed by atoms with Crippen molar-refractivity contribution < 1.29 is 33.0 Å². The number of benzene rings is 3. The van der Waals surface area contributed by atoms with Crippen molar-refractivity contribution in [1.82, 2.24) is 0 Å². The van der Waals surface area contributed by atoms with Gasteiger partial charge in [-0.3, -0.25) is 29.8 Å². The second-order valence-corrected chi connectivity index (χ2v) is 6.61. The molecule has 11 nitrogen and oxygen atoms in total. The SMILES string of the molecule is COc1ccc(C(=O)Nc2cccc(F)c2[N+](=O)[O-])cc1C(=O)Nc1cccc(F)c1[N+](=O)[O-]. The Bertz CT molecular complexity index is 1330. The average molecular weight is 472 g/mol. The van der Waals surface area contributed by atoms with Crippen molar-refractivity contribution in [3.8, 4) is 5.75 Å². The van der Waals surface area contributed by atoms with Crippen LogP contribution in [0.4, 0.5) is 31.5 Å². The van der Waals surface area contributed by atoms with Gasteiger partial charge in [-0.05, 0) is 42.5 Å². The molecule has 2 N–H and O–H groups in total. The summed E-state index contributed by atoms with van der Waals surface area (Å²) in [5.74, 6) is -4.22. The highest BCUT2D eigenvalue weighted by Gasteiger charge is 2.25. The summed E-state index contributed by atoms with van der Waals surface area (Å²) in [4.78, 5) is 45.7. The molecule has 3 aromatic carbocycles. The maximum Gasteiger partial charge on any atom is 0.328 e. The standard InChI is InChI=1S/C21H14F2N4O7/c1-34-17-9-8-11(20(28)24-15-6-2-4-13(22)18(15)26(30)31)10-12(17)21(29)25-16-7-3-5-14(23)19(16)27(32)33/h2-10H,1H3,(H,24,28)(H,25,29). The Hall–Kier alpha value is -4.94. The Labute approximate surface area is 189 Å². The molecule has 0 saturated heterocycles. The quantitative estimate of drug-likeness (QED) is 0.384. The molecule has 0 unspecified atom stereocenters. The number of nitrogens with one attached hydrogen (secondary N) is 2. The lowest BCUT2D eigenvalue weighted by atomic mass is 10.1. The Morgan fingerprint density at radius 3 is 1.79 bits per heavy atom. The first-order valence-electron chi connectivity index (χ1n) is 9.30. The summed E-state index contributed by atoms with van der Waals surface area (Å²) >= 11 is 0. The summed E-state index contributed by atoms with van der Waals surface area (Å²) in [6, 6.07) is 9.80. The number of methoxy groups -OCH3 is 1. The lowest BCUT2D eigenvalue weighted by Crippen LogP contribution is -2.18. The number of nitro benzene ring substituents is 2. The van der Waals surface area contributed by atoms with Crippen LogP contribution in [-0.2, 0) is 0 Å². The summed E-state index contributed by atoms with van der Waals surface area (Å²) in [5, 5.41) is 26.7. The molecular weight excluding hydrogens is 458 g/mol. The van der Waals surface area contributed by atoms with Crippen molar-refractivity contribution in [3.05, 3.63) is 97.6 Å². The molecule has 174 valence electrons. The molecule has 3 rings (SSSR count). The number of anilines is 2. The fourth-order valence-corrected chi connectivity index (χ4v) is 3.01. The predicted molar refractivity (Wildman–Crippen MR) is 115 cm³/mol. The van der Waals surface area contributed by atoms with Gasteiger partial charge in [0.25, 0.3) is 11.8 Å². The number of carbonyl (C=O) groups excluding carboxylic acids is 2. The Balaban J connectivity index is 1.94. The number of nitro groups is 2. The molecule has 0 spiro atoms. The molecule has 0 aliphatic heterocycles. The Kier molecular flexibility index (Phi) is 6.76. The van der Waals surface area contributed by atoms with E-state index in [9.17, 15) is 38.6 Å². The minimum atomic E-state index is -1.17. The van der Waals surface area contributed by atoms with E-state index in [1.54, 1.807) is 0 Å². The molecule has 13 heteroatoms. The predicted octanol–water partition coefficient (Wildman–Crippen LogP) is 4.29. The number of hydrogen-bond donors (Lipinski definition) is 2. The first-order chi connectivity index (χ1) is 16.1. The van der Waals surface area contributed by atoms with Gasteiger partial charge in [0.1, 0.15) is 17.1 Å². The fraction of sp³-hybridized carbons (Fsp3) is 0.0476. The number of ether oxygens (including phenoxy) is 1. The largest absolute Gasteiger partial charge is 0.496 e. The van der Waals surface area contributed by atoms with E-state index in [0.717, 1.165) is 42.5 Å². The van der Waals surface area contributed by atoms with Crippen molar-refractivity contribution in [2.75, 3.05) is 17.7 Å². The van der Waals surface area contributed by atoms with Crippen molar-refractivity contribution in [2.24, 2.45) is 0 Å². The van der Waals surface area contributed by atoms with Crippen LogP contribution in [0.3, 0.4) is 0 Å². The minimum absolute atomic E-state index is 0.0233. The summed E-state index contributed by atoms with van der Waals surface area (Å²) in [6.07, 6.45) is 0. The maximum atomic E-state index is 13.8. The molecular formula is C21H14F2N4O7. The number of carbonyl (C=O) groups is 2. The van der Waals surface area contributed by atoms with E-state index in [-0.39, 0.29) is 16.9 Å². The van der Waals surface area contributed by atoms with Crippen LogP contribution in [0, 0.1) is 31.9 Å². The molecule has 0 atom stereocenters. The third kappa shape index (κ3) is 4.77. The van der Waals surface area contributed by atoms with Gasteiger partial charge in [-0.25, -0.2) is 0 Å². The number of halogens is 2. The van der Waals surface area contributed by atoms with Crippen LogP contribution in [0.25, 0.3) is 0 Å². The summed E-state index contributed by atoms with van der Waals surface area (Å²) in [6.45, 7) is 0. The van der Waals surface area contributed by atoms with Gasteiger partial charge in [0, 0.05) is 5.56 Å². The van der Waals surface area contributed by atoms with Gasteiger partial charge in [0.2, 0.25) is 11.6 Å².